The molecule has 0 aromatic heterocycles. The molecule has 0 saturated heterocycles. The van der Waals surface area contributed by atoms with Crippen LogP contribution in [0.1, 0.15) is 42.0 Å². The average molecular weight is 367 g/mol. The number of phenolic OH excluding ortho intramolecular Hbond substituents is 1. The van der Waals surface area contributed by atoms with Crippen LogP contribution >= 0.6 is 0 Å². The van der Waals surface area contributed by atoms with E-state index < -0.39 is 0 Å². The van der Waals surface area contributed by atoms with E-state index in [1.807, 2.05) is 12.1 Å². The molecule has 1 atom stereocenters. The lowest BCUT2D eigenvalue weighted by Crippen LogP contribution is -2.41. The Labute approximate surface area is 161 Å². The Morgan fingerprint density at radius 3 is 2.59 bits per heavy atom. The molecule has 1 heterocycles. The number of methoxy groups -OCH3 is 2. The number of benzene rings is 2. The van der Waals surface area contributed by atoms with E-state index in [9.17, 15) is 5.11 Å². The SMILES string of the molecule is COc1ccc2c(c1)CCN(CC1CCC1)[C@@H]2Cc1ccc(OC)c(O)c1. The molecule has 2 aliphatic rings. The smallest absolute Gasteiger partial charge is 0.160 e. The van der Waals surface area contributed by atoms with Crippen LogP contribution in [0.2, 0.25) is 0 Å². The molecule has 1 fully saturated rings. The molecule has 1 aliphatic heterocycles. The largest absolute Gasteiger partial charge is 0.504 e. The average Bonchev–Trinajstić information content (AvgIpc) is 2.65. The second kappa shape index (κ2) is 7.81. The highest BCUT2D eigenvalue weighted by Gasteiger charge is 2.31. The fourth-order valence-electron chi connectivity index (χ4n) is 4.42. The van der Waals surface area contributed by atoms with E-state index in [-0.39, 0.29) is 5.75 Å². The van der Waals surface area contributed by atoms with Crippen molar-refractivity contribution in [3.05, 3.63) is 53.1 Å². The first-order valence-corrected chi connectivity index (χ1v) is 9.94. The molecule has 4 nitrogen and oxygen atoms in total. The summed E-state index contributed by atoms with van der Waals surface area (Å²) in [5.74, 6) is 2.52. The third-order valence-electron chi connectivity index (χ3n) is 6.21. The minimum atomic E-state index is 0.214. The van der Waals surface area contributed by atoms with Crippen LogP contribution in [-0.4, -0.2) is 37.3 Å². The maximum absolute atomic E-state index is 10.2. The topological polar surface area (TPSA) is 41.9 Å². The van der Waals surface area contributed by atoms with E-state index in [2.05, 4.69) is 29.2 Å². The molecule has 0 unspecified atom stereocenters. The van der Waals surface area contributed by atoms with Crippen LogP contribution in [0.15, 0.2) is 36.4 Å². The summed E-state index contributed by atoms with van der Waals surface area (Å²) in [4.78, 5) is 2.65. The summed E-state index contributed by atoms with van der Waals surface area (Å²) in [5, 5.41) is 10.2. The molecule has 4 heteroatoms. The van der Waals surface area contributed by atoms with Gasteiger partial charge in [0.25, 0.3) is 0 Å². The van der Waals surface area contributed by atoms with E-state index in [4.69, 9.17) is 9.47 Å². The third kappa shape index (κ3) is 3.77. The van der Waals surface area contributed by atoms with Crippen molar-refractivity contribution in [1.29, 1.82) is 0 Å². The Morgan fingerprint density at radius 1 is 1.07 bits per heavy atom. The molecule has 144 valence electrons. The van der Waals surface area contributed by atoms with Crippen LogP contribution < -0.4 is 9.47 Å². The maximum Gasteiger partial charge on any atom is 0.160 e. The standard InChI is InChI=1S/C23H29NO3/c1-26-19-7-8-20-18(14-19)10-11-24(15-16-4-3-5-16)21(20)12-17-6-9-23(27-2)22(25)13-17/h6-9,13-14,16,21,25H,3-5,10-12,15H2,1-2H3/t21-/m1/s1. The summed E-state index contributed by atoms with van der Waals surface area (Å²) >= 11 is 0. The second-order valence-electron chi connectivity index (χ2n) is 7.83. The molecule has 0 amide bonds. The zero-order chi connectivity index (χ0) is 18.8. The monoisotopic (exact) mass is 367 g/mol. The number of aromatic hydroxyl groups is 1. The molecule has 4 rings (SSSR count). The Morgan fingerprint density at radius 2 is 1.93 bits per heavy atom. The predicted octanol–water partition coefficient (Wildman–Crippen LogP) is 4.35. The first-order valence-electron chi connectivity index (χ1n) is 9.94. The normalized spacial score (nSPS) is 20.0. The van der Waals surface area contributed by atoms with Crippen molar-refractivity contribution in [2.75, 3.05) is 27.3 Å². The van der Waals surface area contributed by atoms with Gasteiger partial charge in [-0.15, -0.1) is 0 Å². The van der Waals surface area contributed by atoms with Crippen molar-refractivity contribution in [2.24, 2.45) is 5.92 Å². The van der Waals surface area contributed by atoms with Gasteiger partial charge in [-0.05, 0) is 72.6 Å². The van der Waals surface area contributed by atoms with E-state index >= 15 is 0 Å². The summed E-state index contributed by atoms with van der Waals surface area (Å²) in [6.45, 7) is 2.27. The molecule has 2 aromatic carbocycles. The summed E-state index contributed by atoms with van der Waals surface area (Å²) < 4.78 is 10.6. The summed E-state index contributed by atoms with van der Waals surface area (Å²) in [6.07, 6.45) is 6.07. The van der Waals surface area contributed by atoms with Crippen molar-refractivity contribution in [2.45, 2.75) is 38.1 Å². The minimum absolute atomic E-state index is 0.214. The van der Waals surface area contributed by atoms with E-state index in [1.54, 1.807) is 14.2 Å². The number of rotatable bonds is 6. The summed E-state index contributed by atoms with van der Waals surface area (Å²) in [7, 11) is 3.31. The van der Waals surface area contributed by atoms with Crippen molar-refractivity contribution in [3.63, 3.8) is 0 Å². The molecule has 1 aliphatic carbocycles. The lowest BCUT2D eigenvalue weighted by molar-refractivity contribution is 0.123. The van der Waals surface area contributed by atoms with Crippen molar-refractivity contribution in [1.82, 2.24) is 4.90 Å². The molecular formula is C23H29NO3. The fourth-order valence-corrected chi connectivity index (χ4v) is 4.42. The van der Waals surface area contributed by atoms with Crippen LogP contribution in [0.25, 0.3) is 0 Å². The lowest BCUT2D eigenvalue weighted by Gasteiger charge is -2.41. The zero-order valence-electron chi connectivity index (χ0n) is 16.3. The molecule has 1 saturated carbocycles. The van der Waals surface area contributed by atoms with Gasteiger partial charge in [0.2, 0.25) is 0 Å². The van der Waals surface area contributed by atoms with E-state index in [0.717, 1.165) is 36.6 Å². The molecule has 0 radical (unpaired) electrons. The van der Waals surface area contributed by atoms with E-state index in [0.29, 0.717) is 11.8 Å². The van der Waals surface area contributed by atoms with Crippen molar-refractivity contribution >= 4 is 0 Å². The van der Waals surface area contributed by atoms with Gasteiger partial charge >= 0.3 is 0 Å². The number of phenols is 1. The molecule has 0 spiro atoms. The first-order chi connectivity index (χ1) is 13.2. The Balaban J connectivity index is 1.63. The van der Waals surface area contributed by atoms with Crippen molar-refractivity contribution in [3.8, 4) is 17.2 Å². The number of hydrogen-bond acceptors (Lipinski definition) is 4. The number of hydrogen-bond donors (Lipinski definition) is 1. The van der Waals surface area contributed by atoms with Gasteiger partial charge in [-0.25, -0.2) is 0 Å². The first kappa shape index (κ1) is 18.2. The van der Waals surface area contributed by atoms with Gasteiger partial charge in [-0.3, -0.25) is 4.90 Å². The predicted molar refractivity (Wildman–Crippen MR) is 107 cm³/mol. The maximum atomic E-state index is 10.2. The van der Waals surface area contributed by atoms with E-state index in [1.165, 1.54) is 36.9 Å². The van der Waals surface area contributed by atoms with Crippen molar-refractivity contribution < 1.29 is 14.6 Å². The van der Waals surface area contributed by atoms with Crippen LogP contribution in [0.5, 0.6) is 17.2 Å². The number of ether oxygens (including phenoxy) is 2. The Bertz CT molecular complexity index is 800. The quantitative estimate of drug-likeness (QED) is 0.824. The van der Waals surface area contributed by atoms with Gasteiger partial charge in [0, 0.05) is 19.1 Å². The highest BCUT2D eigenvalue weighted by atomic mass is 16.5. The summed E-state index contributed by atoms with van der Waals surface area (Å²) in [5.41, 5.74) is 3.93. The lowest BCUT2D eigenvalue weighted by atomic mass is 9.82. The van der Waals surface area contributed by atoms with Crippen LogP contribution in [-0.2, 0) is 12.8 Å². The Kier molecular flexibility index (Phi) is 5.26. The van der Waals surface area contributed by atoms with Gasteiger partial charge in [0.1, 0.15) is 5.75 Å². The zero-order valence-corrected chi connectivity index (χ0v) is 16.3. The van der Waals surface area contributed by atoms with Gasteiger partial charge in [-0.2, -0.15) is 0 Å². The molecular weight excluding hydrogens is 338 g/mol. The Hall–Kier alpha value is -2.20. The minimum Gasteiger partial charge on any atom is -0.504 e. The summed E-state index contributed by atoms with van der Waals surface area (Å²) in [6, 6.07) is 12.6. The van der Waals surface area contributed by atoms with Crippen LogP contribution in [0.4, 0.5) is 0 Å². The molecule has 0 bridgehead atoms. The third-order valence-corrected chi connectivity index (χ3v) is 6.21. The fraction of sp³-hybridized carbons (Fsp3) is 0.478. The van der Waals surface area contributed by atoms with Gasteiger partial charge in [0.15, 0.2) is 11.5 Å². The molecule has 27 heavy (non-hydrogen) atoms. The molecule has 1 N–H and O–H groups in total. The highest BCUT2D eigenvalue weighted by Crippen LogP contribution is 2.38. The van der Waals surface area contributed by atoms with Crippen LogP contribution in [0.3, 0.4) is 0 Å². The van der Waals surface area contributed by atoms with Gasteiger partial charge in [0.05, 0.1) is 14.2 Å². The number of fused-ring (bicyclic) bond motifs is 1. The molecule has 2 aromatic rings. The second-order valence-corrected chi connectivity index (χ2v) is 7.83. The van der Waals surface area contributed by atoms with Gasteiger partial charge in [-0.1, -0.05) is 18.6 Å². The highest BCUT2D eigenvalue weighted by molar-refractivity contribution is 5.44. The van der Waals surface area contributed by atoms with Gasteiger partial charge < -0.3 is 14.6 Å². The number of nitrogens with zero attached hydrogens (tertiary/aromatic N) is 1. The van der Waals surface area contributed by atoms with Crippen LogP contribution in [0, 0.1) is 5.92 Å².